The average molecular weight is 282 g/mol. The summed E-state index contributed by atoms with van der Waals surface area (Å²) in [4.78, 5) is 14.2. The predicted molar refractivity (Wildman–Crippen MR) is 75.4 cm³/mol. The van der Waals surface area contributed by atoms with Gasteiger partial charge in [-0.1, -0.05) is 12.8 Å². The first-order chi connectivity index (χ1) is 9.69. The maximum absolute atomic E-state index is 12.3. The van der Waals surface area contributed by atoms with E-state index in [0.29, 0.717) is 25.3 Å². The summed E-state index contributed by atoms with van der Waals surface area (Å²) in [6.45, 7) is 1.42. The van der Waals surface area contributed by atoms with E-state index in [1.54, 1.807) is 0 Å². The fraction of sp³-hybridized carbons (Fsp3) is 0.933. The van der Waals surface area contributed by atoms with E-state index in [4.69, 9.17) is 9.47 Å². The third-order valence-corrected chi connectivity index (χ3v) is 5.08. The average Bonchev–Trinajstić information content (AvgIpc) is 3.11. The monoisotopic (exact) mass is 282 g/mol. The molecule has 3 fully saturated rings. The molecular weight excluding hydrogens is 256 g/mol. The summed E-state index contributed by atoms with van der Waals surface area (Å²) in [5, 5.41) is 3.16. The van der Waals surface area contributed by atoms with E-state index >= 15 is 0 Å². The second-order valence-electron chi connectivity index (χ2n) is 6.38. The first-order valence-corrected chi connectivity index (χ1v) is 8.00. The van der Waals surface area contributed by atoms with Gasteiger partial charge in [-0.2, -0.15) is 0 Å². The highest BCUT2D eigenvalue weighted by molar-refractivity contribution is 5.74. The molecular formula is C15H26N2O3. The fourth-order valence-corrected chi connectivity index (χ4v) is 3.73. The standard InChI is InChI=1S/C15H26N2O3/c1-17(14(18)16-12-4-2-3-5-12)13-6-8-15(9-7-13)19-10-11-20-15/h12-13H,2-11H2,1H3,(H,16,18). The minimum atomic E-state index is -0.334. The normalized spacial score (nSPS) is 27.1. The summed E-state index contributed by atoms with van der Waals surface area (Å²) in [6.07, 6.45) is 8.50. The zero-order valence-electron chi connectivity index (χ0n) is 12.4. The Bertz CT molecular complexity index is 339. The van der Waals surface area contributed by atoms with Crippen LogP contribution in [0.25, 0.3) is 0 Å². The van der Waals surface area contributed by atoms with Crippen LogP contribution in [0.15, 0.2) is 0 Å². The Kier molecular flexibility index (Phi) is 4.17. The second-order valence-corrected chi connectivity index (χ2v) is 6.38. The lowest BCUT2D eigenvalue weighted by molar-refractivity contribution is -0.182. The van der Waals surface area contributed by atoms with E-state index < -0.39 is 0 Å². The highest BCUT2D eigenvalue weighted by atomic mass is 16.7. The van der Waals surface area contributed by atoms with Gasteiger partial charge in [-0.25, -0.2) is 4.79 Å². The zero-order valence-corrected chi connectivity index (χ0v) is 12.4. The molecule has 2 aliphatic carbocycles. The lowest BCUT2D eigenvalue weighted by Crippen LogP contribution is -2.49. The van der Waals surface area contributed by atoms with E-state index in [9.17, 15) is 4.79 Å². The minimum absolute atomic E-state index is 0.0890. The molecule has 0 aromatic heterocycles. The lowest BCUT2D eigenvalue weighted by atomic mass is 9.89. The molecule has 20 heavy (non-hydrogen) atoms. The molecule has 0 atom stereocenters. The Labute approximate surface area is 121 Å². The molecule has 0 aromatic rings. The van der Waals surface area contributed by atoms with Crippen molar-refractivity contribution in [1.82, 2.24) is 10.2 Å². The van der Waals surface area contributed by atoms with Gasteiger partial charge in [-0.3, -0.25) is 0 Å². The number of hydrogen-bond acceptors (Lipinski definition) is 3. The molecule has 5 nitrogen and oxygen atoms in total. The van der Waals surface area contributed by atoms with E-state index in [1.807, 2.05) is 11.9 Å². The van der Waals surface area contributed by atoms with Crippen LogP contribution in [0.5, 0.6) is 0 Å². The van der Waals surface area contributed by atoms with Crippen LogP contribution in [0, 0.1) is 0 Å². The van der Waals surface area contributed by atoms with Crippen LogP contribution in [0.4, 0.5) is 4.79 Å². The summed E-state index contributed by atoms with van der Waals surface area (Å²) in [6, 6.07) is 0.794. The highest BCUT2D eigenvalue weighted by Gasteiger charge is 2.41. The molecule has 2 saturated carbocycles. The van der Waals surface area contributed by atoms with Crippen LogP contribution in [0.2, 0.25) is 0 Å². The van der Waals surface area contributed by atoms with E-state index in [1.165, 1.54) is 12.8 Å². The Morgan fingerprint density at radius 3 is 2.30 bits per heavy atom. The lowest BCUT2D eigenvalue weighted by Gasteiger charge is -2.39. The third kappa shape index (κ3) is 2.93. The second kappa shape index (κ2) is 5.90. The van der Waals surface area contributed by atoms with Gasteiger partial charge in [0.1, 0.15) is 0 Å². The van der Waals surface area contributed by atoms with Crippen LogP contribution >= 0.6 is 0 Å². The smallest absolute Gasteiger partial charge is 0.317 e. The van der Waals surface area contributed by atoms with Crippen molar-refractivity contribution in [2.24, 2.45) is 0 Å². The minimum Gasteiger partial charge on any atom is -0.348 e. The van der Waals surface area contributed by atoms with Gasteiger partial charge in [0.15, 0.2) is 5.79 Å². The Morgan fingerprint density at radius 1 is 1.10 bits per heavy atom. The fourth-order valence-electron chi connectivity index (χ4n) is 3.73. The number of carbonyl (C=O) groups is 1. The molecule has 0 unspecified atom stereocenters. The molecule has 0 aromatic carbocycles. The van der Waals surface area contributed by atoms with Crippen molar-refractivity contribution < 1.29 is 14.3 Å². The topological polar surface area (TPSA) is 50.8 Å². The molecule has 3 aliphatic rings. The van der Waals surface area contributed by atoms with E-state index in [2.05, 4.69) is 5.32 Å². The first-order valence-electron chi connectivity index (χ1n) is 8.00. The molecule has 0 bridgehead atoms. The summed E-state index contributed by atoms with van der Waals surface area (Å²) < 4.78 is 11.5. The molecule has 114 valence electrons. The number of ether oxygens (including phenoxy) is 2. The number of nitrogens with zero attached hydrogens (tertiary/aromatic N) is 1. The van der Waals surface area contributed by atoms with Gasteiger partial charge in [0.25, 0.3) is 0 Å². The summed E-state index contributed by atoms with van der Waals surface area (Å²) in [5.74, 6) is -0.334. The van der Waals surface area contributed by atoms with Crippen LogP contribution in [0.1, 0.15) is 51.4 Å². The van der Waals surface area contributed by atoms with Gasteiger partial charge in [-0.15, -0.1) is 0 Å². The summed E-state index contributed by atoms with van der Waals surface area (Å²) in [5.41, 5.74) is 0. The number of carbonyl (C=O) groups excluding carboxylic acids is 1. The quantitative estimate of drug-likeness (QED) is 0.845. The number of urea groups is 1. The van der Waals surface area contributed by atoms with Gasteiger partial charge in [0.2, 0.25) is 0 Å². The number of rotatable bonds is 2. The van der Waals surface area contributed by atoms with Crippen molar-refractivity contribution in [3.8, 4) is 0 Å². The Morgan fingerprint density at radius 2 is 1.70 bits per heavy atom. The first kappa shape index (κ1) is 14.1. The number of amides is 2. The van der Waals surface area contributed by atoms with Crippen LogP contribution < -0.4 is 5.32 Å². The molecule has 0 radical (unpaired) electrons. The molecule has 2 amide bonds. The molecule has 5 heteroatoms. The van der Waals surface area contributed by atoms with Crippen LogP contribution in [-0.2, 0) is 9.47 Å². The Hall–Kier alpha value is -0.810. The van der Waals surface area contributed by atoms with Crippen molar-refractivity contribution >= 4 is 6.03 Å². The highest BCUT2D eigenvalue weighted by Crippen LogP contribution is 2.37. The van der Waals surface area contributed by atoms with Crippen molar-refractivity contribution in [1.29, 1.82) is 0 Å². The Balaban J connectivity index is 1.47. The molecule has 1 heterocycles. The van der Waals surface area contributed by atoms with Crippen LogP contribution in [0.3, 0.4) is 0 Å². The predicted octanol–water partition coefficient (Wildman–Crippen LogP) is 2.26. The van der Waals surface area contributed by atoms with Crippen molar-refractivity contribution in [2.75, 3.05) is 20.3 Å². The summed E-state index contributed by atoms with van der Waals surface area (Å²) in [7, 11) is 1.92. The van der Waals surface area contributed by atoms with Gasteiger partial charge in [0.05, 0.1) is 13.2 Å². The third-order valence-electron chi connectivity index (χ3n) is 5.08. The van der Waals surface area contributed by atoms with E-state index in [-0.39, 0.29) is 11.8 Å². The largest absolute Gasteiger partial charge is 0.348 e. The molecule has 1 spiro atoms. The molecule has 1 N–H and O–H groups in total. The van der Waals surface area contributed by atoms with Crippen molar-refractivity contribution in [2.45, 2.75) is 69.2 Å². The maximum atomic E-state index is 12.3. The van der Waals surface area contributed by atoms with E-state index in [0.717, 1.165) is 38.5 Å². The van der Waals surface area contributed by atoms with Gasteiger partial charge in [0, 0.05) is 32.0 Å². The van der Waals surface area contributed by atoms with Gasteiger partial charge >= 0.3 is 6.03 Å². The van der Waals surface area contributed by atoms with Crippen molar-refractivity contribution in [3.05, 3.63) is 0 Å². The summed E-state index contributed by atoms with van der Waals surface area (Å²) >= 11 is 0. The molecule has 3 rings (SSSR count). The van der Waals surface area contributed by atoms with Crippen molar-refractivity contribution in [3.63, 3.8) is 0 Å². The number of hydrogen-bond donors (Lipinski definition) is 1. The van der Waals surface area contributed by atoms with Crippen LogP contribution in [-0.4, -0.2) is 49.1 Å². The SMILES string of the molecule is CN(C(=O)NC1CCCC1)C1CCC2(CC1)OCCO2. The molecule has 1 saturated heterocycles. The number of nitrogens with one attached hydrogen (secondary N) is 1. The van der Waals surface area contributed by atoms with Gasteiger partial charge < -0.3 is 19.7 Å². The zero-order chi connectivity index (χ0) is 14.0. The molecule has 1 aliphatic heterocycles. The maximum Gasteiger partial charge on any atom is 0.317 e. The van der Waals surface area contributed by atoms with Gasteiger partial charge in [-0.05, 0) is 25.7 Å².